The standard InChI is InChI=1S/C15H22BrNO/c1-11(2)13-9-12(16)3-4-14(13)18-10-15(5-6-15)7-8-17/h3-4,9,11H,5-8,10,17H2,1-2H3. The van der Waals surface area contributed by atoms with E-state index in [1.165, 1.54) is 18.4 Å². The van der Waals surface area contributed by atoms with Crippen molar-refractivity contribution in [2.45, 2.75) is 39.0 Å². The molecule has 1 aliphatic carbocycles. The van der Waals surface area contributed by atoms with Gasteiger partial charge in [-0.15, -0.1) is 0 Å². The van der Waals surface area contributed by atoms with Crippen LogP contribution in [0.4, 0.5) is 0 Å². The third-order valence-electron chi connectivity index (χ3n) is 3.76. The molecule has 3 heteroatoms. The second-order valence-corrected chi connectivity index (χ2v) is 6.58. The van der Waals surface area contributed by atoms with Gasteiger partial charge in [0.15, 0.2) is 0 Å². The van der Waals surface area contributed by atoms with Crippen molar-refractivity contribution in [1.82, 2.24) is 0 Å². The fourth-order valence-electron chi connectivity index (χ4n) is 2.28. The lowest BCUT2D eigenvalue weighted by molar-refractivity contribution is 0.224. The van der Waals surface area contributed by atoms with E-state index in [0.29, 0.717) is 11.3 Å². The molecule has 2 N–H and O–H groups in total. The zero-order chi connectivity index (χ0) is 13.2. The number of ether oxygens (including phenoxy) is 1. The Bertz CT molecular complexity index is 413. The lowest BCUT2D eigenvalue weighted by Crippen LogP contribution is -2.18. The minimum atomic E-state index is 0.371. The molecule has 0 aromatic heterocycles. The molecular formula is C15H22BrNO. The van der Waals surface area contributed by atoms with E-state index >= 15 is 0 Å². The van der Waals surface area contributed by atoms with Crippen molar-refractivity contribution in [1.29, 1.82) is 0 Å². The van der Waals surface area contributed by atoms with Gasteiger partial charge in [-0.05, 0) is 55.5 Å². The molecule has 2 rings (SSSR count). The maximum absolute atomic E-state index is 6.06. The van der Waals surface area contributed by atoms with Gasteiger partial charge in [-0.25, -0.2) is 0 Å². The molecule has 0 unspecified atom stereocenters. The first-order chi connectivity index (χ1) is 8.56. The van der Waals surface area contributed by atoms with Crippen LogP contribution in [0.3, 0.4) is 0 Å². The highest BCUT2D eigenvalue weighted by molar-refractivity contribution is 9.10. The van der Waals surface area contributed by atoms with E-state index in [9.17, 15) is 0 Å². The number of benzene rings is 1. The fourth-order valence-corrected chi connectivity index (χ4v) is 2.66. The summed E-state index contributed by atoms with van der Waals surface area (Å²) in [7, 11) is 0. The van der Waals surface area contributed by atoms with Crippen LogP contribution in [0.1, 0.15) is 44.6 Å². The number of rotatable bonds is 6. The molecular weight excluding hydrogens is 290 g/mol. The molecule has 1 fully saturated rings. The van der Waals surface area contributed by atoms with Crippen LogP contribution in [0.2, 0.25) is 0 Å². The van der Waals surface area contributed by atoms with Crippen molar-refractivity contribution < 1.29 is 4.74 Å². The summed E-state index contributed by atoms with van der Waals surface area (Å²) in [6, 6.07) is 6.27. The first-order valence-corrected chi connectivity index (χ1v) is 7.48. The summed E-state index contributed by atoms with van der Waals surface area (Å²) in [5.74, 6) is 1.50. The van der Waals surface area contributed by atoms with Crippen LogP contribution in [0.5, 0.6) is 5.75 Å². The summed E-state index contributed by atoms with van der Waals surface area (Å²) >= 11 is 3.52. The molecule has 0 spiro atoms. The molecule has 18 heavy (non-hydrogen) atoms. The summed E-state index contributed by atoms with van der Waals surface area (Å²) in [6.45, 7) is 5.97. The molecule has 1 aromatic carbocycles. The van der Waals surface area contributed by atoms with E-state index < -0.39 is 0 Å². The van der Waals surface area contributed by atoms with Crippen molar-refractivity contribution in [3.63, 3.8) is 0 Å². The van der Waals surface area contributed by atoms with Crippen LogP contribution in [0, 0.1) is 5.41 Å². The monoisotopic (exact) mass is 311 g/mol. The highest BCUT2D eigenvalue weighted by atomic mass is 79.9. The van der Waals surface area contributed by atoms with Crippen LogP contribution in [0.25, 0.3) is 0 Å². The molecule has 100 valence electrons. The van der Waals surface area contributed by atoms with E-state index in [4.69, 9.17) is 10.5 Å². The Morgan fingerprint density at radius 2 is 2.11 bits per heavy atom. The summed E-state index contributed by atoms with van der Waals surface area (Å²) in [6.07, 6.45) is 3.61. The van der Waals surface area contributed by atoms with Gasteiger partial charge in [-0.2, -0.15) is 0 Å². The molecule has 0 saturated heterocycles. The van der Waals surface area contributed by atoms with E-state index in [0.717, 1.165) is 29.8 Å². The van der Waals surface area contributed by atoms with Gasteiger partial charge < -0.3 is 10.5 Å². The summed E-state index contributed by atoms with van der Waals surface area (Å²) in [4.78, 5) is 0. The minimum Gasteiger partial charge on any atom is -0.493 e. The average Bonchev–Trinajstić information content (AvgIpc) is 3.08. The second kappa shape index (κ2) is 5.62. The smallest absolute Gasteiger partial charge is 0.122 e. The van der Waals surface area contributed by atoms with Gasteiger partial charge in [0.25, 0.3) is 0 Å². The maximum atomic E-state index is 6.06. The normalized spacial score (nSPS) is 16.9. The molecule has 0 heterocycles. The van der Waals surface area contributed by atoms with Crippen LogP contribution in [0.15, 0.2) is 22.7 Å². The van der Waals surface area contributed by atoms with Crippen molar-refractivity contribution >= 4 is 15.9 Å². The SMILES string of the molecule is CC(C)c1cc(Br)ccc1OCC1(CCN)CC1. The van der Waals surface area contributed by atoms with Gasteiger partial charge in [-0.3, -0.25) is 0 Å². The topological polar surface area (TPSA) is 35.2 Å². The quantitative estimate of drug-likeness (QED) is 0.859. The Morgan fingerprint density at radius 1 is 1.39 bits per heavy atom. The maximum Gasteiger partial charge on any atom is 0.122 e. The van der Waals surface area contributed by atoms with Crippen molar-refractivity contribution in [2.75, 3.05) is 13.2 Å². The third kappa shape index (κ3) is 3.27. The third-order valence-corrected chi connectivity index (χ3v) is 4.25. The molecule has 0 aliphatic heterocycles. The van der Waals surface area contributed by atoms with Crippen LogP contribution >= 0.6 is 15.9 Å². The van der Waals surface area contributed by atoms with E-state index in [1.807, 2.05) is 6.07 Å². The van der Waals surface area contributed by atoms with Crippen molar-refractivity contribution in [3.05, 3.63) is 28.2 Å². The highest BCUT2D eigenvalue weighted by Gasteiger charge is 2.42. The van der Waals surface area contributed by atoms with Gasteiger partial charge >= 0.3 is 0 Å². The van der Waals surface area contributed by atoms with E-state index in [1.54, 1.807) is 0 Å². The predicted octanol–water partition coefficient (Wildman–Crippen LogP) is 4.08. The molecule has 0 bridgehead atoms. The molecule has 1 aliphatic rings. The molecule has 1 saturated carbocycles. The first kappa shape index (κ1) is 13.9. The summed E-state index contributed by atoms with van der Waals surface area (Å²) in [5, 5.41) is 0. The van der Waals surface area contributed by atoms with Gasteiger partial charge in [-0.1, -0.05) is 29.8 Å². The van der Waals surface area contributed by atoms with Crippen LogP contribution in [-0.2, 0) is 0 Å². The zero-order valence-corrected chi connectivity index (χ0v) is 12.8. The Labute approximate surface area is 118 Å². The number of hydrogen-bond acceptors (Lipinski definition) is 2. The van der Waals surface area contributed by atoms with Crippen LogP contribution < -0.4 is 10.5 Å². The van der Waals surface area contributed by atoms with Gasteiger partial charge in [0.05, 0.1) is 6.61 Å². The molecule has 0 atom stereocenters. The summed E-state index contributed by atoms with van der Waals surface area (Å²) < 4.78 is 7.17. The number of hydrogen-bond donors (Lipinski definition) is 1. The largest absolute Gasteiger partial charge is 0.493 e. The van der Waals surface area contributed by atoms with E-state index in [2.05, 4.69) is 41.9 Å². The Hall–Kier alpha value is -0.540. The number of nitrogens with two attached hydrogens (primary N) is 1. The Balaban J connectivity index is 2.05. The van der Waals surface area contributed by atoms with Gasteiger partial charge in [0.2, 0.25) is 0 Å². The number of halogens is 1. The van der Waals surface area contributed by atoms with Crippen molar-refractivity contribution in [2.24, 2.45) is 11.1 Å². The first-order valence-electron chi connectivity index (χ1n) is 6.69. The molecule has 0 radical (unpaired) electrons. The van der Waals surface area contributed by atoms with Crippen molar-refractivity contribution in [3.8, 4) is 5.75 Å². The molecule has 2 nitrogen and oxygen atoms in total. The zero-order valence-electron chi connectivity index (χ0n) is 11.2. The summed E-state index contributed by atoms with van der Waals surface area (Å²) in [5.41, 5.74) is 7.30. The average molecular weight is 312 g/mol. The Morgan fingerprint density at radius 3 is 2.67 bits per heavy atom. The molecule has 1 aromatic rings. The lowest BCUT2D eigenvalue weighted by Gasteiger charge is -2.19. The highest BCUT2D eigenvalue weighted by Crippen LogP contribution is 2.48. The fraction of sp³-hybridized carbons (Fsp3) is 0.600. The van der Waals surface area contributed by atoms with E-state index in [-0.39, 0.29) is 0 Å². The van der Waals surface area contributed by atoms with Gasteiger partial charge in [0.1, 0.15) is 5.75 Å². The lowest BCUT2D eigenvalue weighted by atomic mass is 10.0. The minimum absolute atomic E-state index is 0.371. The Kier molecular flexibility index (Phi) is 4.33. The second-order valence-electron chi connectivity index (χ2n) is 5.66. The van der Waals surface area contributed by atoms with Crippen LogP contribution in [-0.4, -0.2) is 13.2 Å². The van der Waals surface area contributed by atoms with Gasteiger partial charge in [0, 0.05) is 9.89 Å². The predicted molar refractivity (Wildman–Crippen MR) is 79.1 cm³/mol. The molecule has 0 amide bonds.